The topological polar surface area (TPSA) is 115 Å². The number of fused-ring (bicyclic) bond motifs is 1. The fourth-order valence-corrected chi connectivity index (χ4v) is 2.92. The van der Waals surface area contributed by atoms with Gasteiger partial charge in [-0.25, -0.2) is 4.79 Å². The summed E-state index contributed by atoms with van der Waals surface area (Å²) < 4.78 is 15.3. The highest BCUT2D eigenvalue weighted by atomic mass is 16.5. The number of hydrogen-bond donors (Lipinski definition) is 2. The second kappa shape index (κ2) is 9.13. The van der Waals surface area contributed by atoms with Crippen molar-refractivity contribution in [3.8, 4) is 11.5 Å². The Kier molecular flexibility index (Phi) is 6.36. The predicted molar refractivity (Wildman–Crippen MR) is 109 cm³/mol. The number of phenolic OH excluding ortho intramolecular Hbond substituents is 1. The van der Waals surface area contributed by atoms with E-state index in [-0.39, 0.29) is 24.5 Å². The van der Waals surface area contributed by atoms with Gasteiger partial charge in [-0.15, -0.1) is 0 Å². The van der Waals surface area contributed by atoms with E-state index >= 15 is 0 Å². The van der Waals surface area contributed by atoms with Gasteiger partial charge in [0.25, 0.3) is 5.91 Å². The zero-order valence-corrected chi connectivity index (χ0v) is 16.6. The maximum absolute atomic E-state index is 12.1. The Morgan fingerprint density at radius 3 is 2.50 bits per heavy atom. The van der Waals surface area contributed by atoms with Crippen LogP contribution in [-0.2, 0) is 22.6 Å². The second-order valence-electron chi connectivity index (χ2n) is 6.49. The van der Waals surface area contributed by atoms with Crippen molar-refractivity contribution in [3.63, 3.8) is 0 Å². The minimum atomic E-state index is -0.659. The lowest BCUT2D eigenvalue weighted by atomic mass is 10.0. The molecule has 156 valence electrons. The van der Waals surface area contributed by atoms with Gasteiger partial charge in [-0.3, -0.25) is 9.59 Å². The lowest BCUT2D eigenvalue weighted by Gasteiger charge is -2.10. The number of methoxy groups -OCH3 is 1. The number of aryl methyl sites for hydroxylation is 1. The molecule has 1 heterocycles. The van der Waals surface area contributed by atoms with E-state index < -0.39 is 17.5 Å². The van der Waals surface area contributed by atoms with Crippen LogP contribution in [0.2, 0.25) is 0 Å². The Balaban J connectivity index is 1.64. The molecular weight excluding hydrogens is 390 g/mol. The highest BCUT2D eigenvalue weighted by molar-refractivity contribution is 5.96. The van der Waals surface area contributed by atoms with Crippen molar-refractivity contribution in [3.05, 3.63) is 69.6 Å². The molecular formula is C22H21NO7. The van der Waals surface area contributed by atoms with E-state index in [1.54, 1.807) is 30.3 Å². The van der Waals surface area contributed by atoms with Crippen molar-refractivity contribution in [1.29, 1.82) is 0 Å². The number of carbonyl (C=O) groups is 2. The summed E-state index contributed by atoms with van der Waals surface area (Å²) in [5.41, 5.74) is 1.09. The molecule has 1 aromatic heterocycles. The fraction of sp³-hybridized carbons (Fsp3) is 0.227. The van der Waals surface area contributed by atoms with Crippen molar-refractivity contribution < 1.29 is 28.6 Å². The Bertz CT molecular complexity index is 1130. The number of carbonyl (C=O) groups excluding carboxylic acids is 2. The standard InChI is InChI=1S/C22H21NO7/c1-3-13-8-17-15(9-20(25)30-19(17)10-18(13)24)12-29-21(26)11-23-22(27)14-4-6-16(28-2)7-5-14/h4-10,24H,3,11-12H2,1-2H3,(H,23,27). The summed E-state index contributed by atoms with van der Waals surface area (Å²) in [6, 6.07) is 10.7. The molecule has 30 heavy (non-hydrogen) atoms. The third-order valence-corrected chi connectivity index (χ3v) is 4.54. The van der Waals surface area contributed by atoms with Crippen LogP contribution in [0.25, 0.3) is 11.0 Å². The summed E-state index contributed by atoms with van der Waals surface area (Å²) in [4.78, 5) is 35.9. The third kappa shape index (κ3) is 4.78. The van der Waals surface area contributed by atoms with Crippen molar-refractivity contribution in [2.75, 3.05) is 13.7 Å². The Morgan fingerprint density at radius 2 is 1.83 bits per heavy atom. The number of aromatic hydroxyl groups is 1. The molecule has 0 spiro atoms. The van der Waals surface area contributed by atoms with Gasteiger partial charge in [0.15, 0.2) is 0 Å². The lowest BCUT2D eigenvalue weighted by Crippen LogP contribution is -2.30. The summed E-state index contributed by atoms with van der Waals surface area (Å²) in [5.74, 6) is -0.440. The second-order valence-corrected chi connectivity index (χ2v) is 6.49. The number of benzene rings is 2. The predicted octanol–water partition coefficient (Wildman–Crippen LogP) is 2.54. The van der Waals surface area contributed by atoms with Gasteiger partial charge >= 0.3 is 11.6 Å². The van der Waals surface area contributed by atoms with Crippen LogP contribution < -0.4 is 15.7 Å². The van der Waals surface area contributed by atoms with Gasteiger partial charge in [-0.05, 0) is 42.3 Å². The Labute approximate surface area is 172 Å². The van der Waals surface area contributed by atoms with Crippen molar-refractivity contribution in [2.45, 2.75) is 20.0 Å². The smallest absolute Gasteiger partial charge is 0.336 e. The molecule has 0 bridgehead atoms. The molecule has 3 rings (SSSR count). The summed E-state index contributed by atoms with van der Waals surface area (Å²) >= 11 is 0. The molecule has 0 aliphatic carbocycles. The molecule has 1 amide bonds. The van der Waals surface area contributed by atoms with Crippen LogP contribution in [0.3, 0.4) is 0 Å². The van der Waals surface area contributed by atoms with Crippen LogP contribution in [0.5, 0.6) is 11.5 Å². The molecule has 8 heteroatoms. The van der Waals surface area contributed by atoms with E-state index in [9.17, 15) is 19.5 Å². The molecule has 0 fully saturated rings. The fourth-order valence-electron chi connectivity index (χ4n) is 2.92. The largest absolute Gasteiger partial charge is 0.508 e. The molecule has 0 aliphatic heterocycles. The Morgan fingerprint density at radius 1 is 1.10 bits per heavy atom. The van der Waals surface area contributed by atoms with E-state index in [1.165, 1.54) is 19.2 Å². The summed E-state index contributed by atoms with van der Waals surface area (Å²) in [7, 11) is 1.52. The first kappa shape index (κ1) is 20.9. The van der Waals surface area contributed by atoms with Gasteiger partial charge in [-0.2, -0.15) is 0 Å². The molecule has 0 saturated heterocycles. The molecule has 0 saturated carbocycles. The zero-order valence-electron chi connectivity index (χ0n) is 16.6. The number of amides is 1. The van der Waals surface area contributed by atoms with E-state index in [2.05, 4.69) is 5.32 Å². The molecule has 0 aliphatic rings. The van der Waals surface area contributed by atoms with Crippen LogP contribution in [0.15, 0.2) is 51.7 Å². The first-order valence-corrected chi connectivity index (χ1v) is 9.27. The van der Waals surface area contributed by atoms with E-state index in [4.69, 9.17) is 13.9 Å². The highest BCUT2D eigenvalue weighted by Crippen LogP contribution is 2.27. The molecule has 0 atom stereocenters. The van der Waals surface area contributed by atoms with Gasteiger partial charge in [0.1, 0.15) is 30.2 Å². The third-order valence-electron chi connectivity index (χ3n) is 4.54. The van der Waals surface area contributed by atoms with Gasteiger partial charge < -0.3 is 24.3 Å². The summed E-state index contributed by atoms with van der Waals surface area (Å²) in [5, 5.41) is 13.0. The lowest BCUT2D eigenvalue weighted by molar-refractivity contribution is -0.143. The number of hydrogen-bond acceptors (Lipinski definition) is 7. The molecule has 8 nitrogen and oxygen atoms in total. The van der Waals surface area contributed by atoms with Crippen LogP contribution in [0.1, 0.15) is 28.4 Å². The molecule has 3 aromatic rings. The van der Waals surface area contributed by atoms with Crippen molar-refractivity contribution in [2.24, 2.45) is 0 Å². The van der Waals surface area contributed by atoms with Gasteiger partial charge in [0.2, 0.25) is 0 Å². The first-order chi connectivity index (χ1) is 14.4. The molecule has 0 radical (unpaired) electrons. The minimum Gasteiger partial charge on any atom is -0.508 e. The normalized spacial score (nSPS) is 10.6. The monoisotopic (exact) mass is 411 g/mol. The minimum absolute atomic E-state index is 0.0311. The van der Waals surface area contributed by atoms with Crippen LogP contribution in [0.4, 0.5) is 0 Å². The maximum atomic E-state index is 12.1. The Hall–Kier alpha value is -3.81. The van der Waals surface area contributed by atoms with E-state index in [1.807, 2.05) is 6.92 Å². The average Bonchev–Trinajstić information content (AvgIpc) is 2.75. The summed E-state index contributed by atoms with van der Waals surface area (Å²) in [6.45, 7) is 1.38. The number of ether oxygens (including phenoxy) is 2. The quantitative estimate of drug-likeness (QED) is 0.453. The molecule has 2 N–H and O–H groups in total. The number of esters is 1. The van der Waals surface area contributed by atoms with Gasteiger partial charge in [-0.1, -0.05) is 6.92 Å². The SMILES string of the molecule is CCc1cc2c(COC(=O)CNC(=O)c3ccc(OC)cc3)cc(=O)oc2cc1O. The first-order valence-electron chi connectivity index (χ1n) is 9.27. The molecule has 0 unspecified atom stereocenters. The van der Waals surface area contributed by atoms with E-state index in [0.29, 0.717) is 34.2 Å². The average molecular weight is 411 g/mol. The van der Waals surface area contributed by atoms with Crippen LogP contribution in [-0.4, -0.2) is 30.6 Å². The van der Waals surface area contributed by atoms with Crippen LogP contribution in [0, 0.1) is 0 Å². The number of rotatable bonds is 7. The van der Waals surface area contributed by atoms with Gasteiger partial charge in [0, 0.05) is 28.6 Å². The van der Waals surface area contributed by atoms with Crippen LogP contribution >= 0.6 is 0 Å². The highest BCUT2D eigenvalue weighted by Gasteiger charge is 2.13. The number of phenols is 1. The van der Waals surface area contributed by atoms with Crippen molar-refractivity contribution >= 4 is 22.8 Å². The van der Waals surface area contributed by atoms with Gasteiger partial charge in [0.05, 0.1) is 7.11 Å². The van der Waals surface area contributed by atoms with Crippen molar-refractivity contribution in [1.82, 2.24) is 5.32 Å². The van der Waals surface area contributed by atoms with E-state index in [0.717, 1.165) is 0 Å². The maximum Gasteiger partial charge on any atom is 0.336 e. The molecule has 2 aromatic carbocycles. The number of nitrogens with one attached hydrogen (secondary N) is 1. The summed E-state index contributed by atoms with van der Waals surface area (Å²) in [6.07, 6.45) is 0.581. The zero-order chi connectivity index (χ0) is 21.7.